The van der Waals surface area contributed by atoms with E-state index >= 15 is 0 Å². The Hall–Kier alpha value is -1.46. The summed E-state index contributed by atoms with van der Waals surface area (Å²) in [5.41, 5.74) is 1.08. The number of anilines is 1. The molecule has 1 aromatic rings. The van der Waals surface area contributed by atoms with E-state index < -0.39 is 5.92 Å². The summed E-state index contributed by atoms with van der Waals surface area (Å²) in [7, 11) is 1.70. The molecule has 1 aliphatic heterocycles. The lowest BCUT2D eigenvalue weighted by molar-refractivity contribution is -0.108. The number of halogens is 1. The van der Waals surface area contributed by atoms with E-state index in [0.717, 1.165) is 45.6 Å². The van der Waals surface area contributed by atoms with Gasteiger partial charge in [0, 0.05) is 45.8 Å². The molecular weight excluding hydrogens is 271 g/mol. The monoisotopic (exact) mass is 294 g/mol. The molecule has 0 aromatic heterocycles. The fourth-order valence-corrected chi connectivity index (χ4v) is 2.64. The molecule has 1 aliphatic rings. The van der Waals surface area contributed by atoms with Crippen molar-refractivity contribution in [3.8, 4) is 0 Å². The van der Waals surface area contributed by atoms with Crippen LogP contribution in [0.15, 0.2) is 18.2 Å². The van der Waals surface area contributed by atoms with Gasteiger partial charge in [0.15, 0.2) is 0 Å². The molecule has 116 valence electrons. The van der Waals surface area contributed by atoms with Crippen molar-refractivity contribution in [2.75, 3.05) is 51.3 Å². The summed E-state index contributed by atoms with van der Waals surface area (Å²) < 4.78 is 19.6. The van der Waals surface area contributed by atoms with Crippen molar-refractivity contribution >= 4 is 12.0 Å². The van der Waals surface area contributed by atoms with Gasteiger partial charge in [0.1, 0.15) is 12.1 Å². The zero-order valence-electron chi connectivity index (χ0n) is 12.7. The molecule has 0 bridgehead atoms. The minimum Gasteiger partial charge on any atom is -0.383 e. The van der Waals surface area contributed by atoms with E-state index in [1.807, 2.05) is 6.07 Å². The Labute approximate surface area is 125 Å². The van der Waals surface area contributed by atoms with Crippen LogP contribution in [0, 0.1) is 5.82 Å². The molecule has 5 heteroatoms. The minimum atomic E-state index is -0.409. The van der Waals surface area contributed by atoms with E-state index in [1.54, 1.807) is 26.2 Å². The second-order valence-electron chi connectivity index (χ2n) is 5.43. The SMILES string of the molecule is COCCN1CCN(c2cccc(C(C)C=O)c2F)CC1. The highest BCUT2D eigenvalue weighted by molar-refractivity contribution is 5.64. The first kappa shape index (κ1) is 15.9. The van der Waals surface area contributed by atoms with Crippen molar-refractivity contribution in [1.29, 1.82) is 0 Å². The highest BCUT2D eigenvalue weighted by Gasteiger charge is 2.21. The number of piperazine rings is 1. The number of hydrogen-bond donors (Lipinski definition) is 0. The van der Waals surface area contributed by atoms with Crippen LogP contribution in [0.25, 0.3) is 0 Å². The van der Waals surface area contributed by atoms with Crippen LogP contribution in [0.2, 0.25) is 0 Å². The summed E-state index contributed by atoms with van der Waals surface area (Å²) in [6, 6.07) is 5.30. The first-order valence-corrected chi connectivity index (χ1v) is 7.37. The molecule has 1 heterocycles. The maximum absolute atomic E-state index is 14.6. The van der Waals surface area contributed by atoms with Crippen molar-refractivity contribution in [1.82, 2.24) is 4.90 Å². The molecule has 1 atom stereocenters. The molecule has 1 saturated heterocycles. The van der Waals surface area contributed by atoms with Crippen molar-refractivity contribution in [2.45, 2.75) is 12.8 Å². The van der Waals surface area contributed by atoms with E-state index in [-0.39, 0.29) is 5.82 Å². The van der Waals surface area contributed by atoms with E-state index in [1.165, 1.54) is 0 Å². The Morgan fingerprint density at radius 3 is 2.67 bits per heavy atom. The third-order valence-electron chi connectivity index (χ3n) is 4.03. The third-order valence-corrected chi connectivity index (χ3v) is 4.03. The van der Waals surface area contributed by atoms with E-state index in [2.05, 4.69) is 9.80 Å². The lowest BCUT2D eigenvalue weighted by Gasteiger charge is -2.36. The number of ether oxygens (including phenoxy) is 1. The summed E-state index contributed by atoms with van der Waals surface area (Å²) >= 11 is 0. The Bertz CT molecular complexity index is 473. The first-order chi connectivity index (χ1) is 10.2. The van der Waals surface area contributed by atoms with Crippen molar-refractivity contribution in [2.24, 2.45) is 0 Å². The van der Waals surface area contributed by atoms with E-state index in [0.29, 0.717) is 11.3 Å². The summed E-state index contributed by atoms with van der Waals surface area (Å²) in [6.45, 7) is 6.74. The van der Waals surface area contributed by atoms with Crippen molar-refractivity contribution in [3.63, 3.8) is 0 Å². The highest BCUT2D eigenvalue weighted by atomic mass is 19.1. The summed E-state index contributed by atoms with van der Waals surface area (Å²) in [5.74, 6) is -0.671. The molecule has 0 spiro atoms. The standard InChI is InChI=1S/C16H23FN2O2/c1-13(12-20)14-4-3-5-15(16(14)17)19-8-6-18(7-9-19)10-11-21-2/h3-5,12-13H,6-11H2,1-2H3. The van der Waals surface area contributed by atoms with E-state index in [9.17, 15) is 9.18 Å². The zero-order valence-corrected chi connectivity index (χ0v) is 12.7. The number of carbonyl (C=O) groups excluding carboxylic acids is 1. The molecule has 0 N–H and O–H groups in total. The molecular formula is C16H23FN2O2. The quantitative estimate of drug-likeness (QED) is 0.750. The van der Waals surface area contributed by atoms with Crippen LogP contribution in [-0.4, -0.2) is 57.6 Å². The van der Waals surface area contributed by atoms with Crippen LogP contribution in [0.4, 0.5) is 10.1 Å². The molecule has 0 saturated carbocycles. The number of carbonyl (C=O) groups is 1. The van der Waals surface area contributed by atoms with Crippen LogP contribution >= 0.6 is 0 Å². The van der Waals surface area contributed by atoms with Gasteiger partial charge in [0.25, 0.3) is 0 Å². The van der Waals surface area contributed by atoms with Crippen molar-refractivity contribution in [3.05, 3.63) is 29.6 Å². The van der Waals surface area contributed by atoms with Crippen LogP contribution < -0.4 is 4.90 Å². The maximum Gasteiger partial charge on any atom is 0.150 e. The number of rotatable bonds is 6. The maximum atomic E-state index is 14.6. The first-order valence-electron chi connectivity index (χ1n) is 7.37. The van der Waals surface area contributed by atoms with Gasteiger partial charge >= 0.3 is 0 Å². The molecule has 1 fully saturated rings. The summed E-state index contributed by atoms with van der Waals surface area (Å²) in [4.78, 5) is 15.3. The molecule has 1 unspecified atom stereocenters. The van der Waals surface area contributed by atoms with Gasteiger partial charge < -0.3 is 14.4 Å². The molecule has 4 nitrogen and oxygen atoms in total. The van der Waals surface area contributed by atoms with Crippen LogP contribution in [0.1, 0.15) is 18.4 Å². The second-order valence-corrected chi connectivity index (χ2v) is 5.43. The number of nitrogens with zero attached hydrogens (tertiary/aromatic N) is 2. The lowest BCUT2D eigenvalue weighted by Crippen LogP contribution is -2.47. The van der Waals surface area contributed by atoms with E-state index in [4.69, 9.17) is 4.74 Å². The van der Waals surface area contributed by atoms with Gasteiger partial charge in [-0.3, -0.25) is 4.90 Å². The fourth-order valence-electron chi connectivity index (χ4n) is 2.64. The smallest absolute Gasteiger partial charge is 0.150 e. The molecule has 0 amide bonds. The lowest BCUT2D eigenvalue weighted by atomic mass is 10.0. The predicted molar refractivity (Wildman–Crippen MR) is 81.4 cm³/mol. The third kappa shape index (κ3) is 3.80. The Kier molecular flexibility index (Phi) is 5.70. The van der Waals surface area contributed by atoms with Gasteiger partial charge in [-0.1, -0.05) is 19.1 Å². The van der Waals surface area contributed by atoms with Gasteiger partial charge in [0.2, 0.25) is 0 Å². The molecule has 2 rings (SSSR count). The average molecular weight is 294 g/mol. The van der Waals surface area contributed by atoms with Gasteiger partial charge in [-0.2, -0.15) is 0 Å². The molecule has 21 heavy (non-hydrogen) atoms. The number of hydrogen-bond acceptors (Lipinski definition) is 4. The average Bonchev–Trinajstić information content (AvgIpc) is 2.53. The number of aldehydes is 1. The summed E-state index contributed by atoms with van der Waals surface area (Å²) in [5, 5.41) is 0. The number of methoxy groups -OCH3 is 1. The minimum absolute atomic E-state index is 0.262. The van der Waals surface area contributed by atoms with Crippen LogP contribution in [0.5, 0.6) is 0 Å². The Balaban J connectivity index is 2.05. The largest absolute Gasteiger partial charge is 0.383 e. The topological polar surface area (TPSA) is 32.8 Å². The highest BCUT2D eigenvalue weighted by Crippen LogP contribution is 2.27. The molecule has 1 aromatic carbocycles. The van der Waals surface area contributed by atoms with Gasteiger partial charge in [-0.05, 0) is 11.6 Å². The second kappa shape index (κ2) is 7.52. The van der Waals surface area contributed by atoms with Crippen molar-refractivity contribution < 1.29 is 13.9 Å². The summed E-state index contributed by atoms with van der Waals surface area (Å²) in [6.07, 6.45) is 0.783. The predicted octanol–water partition coefficient (Wildman–Crippen LogP) is 1.90. The normalized spacial score (nSPS) is 17.8. The Morgan fingerprint density at radius 2 is 2.05 bits per heavy atom. The Morgan fingerprint density at radius 1 is 1.33 bits per heavy atom. The van der Waals surface area contributed by atoms with Gasteiger partial charge in [-0.15, -0.1) is 0 Å². The zero-order chi connectivity index (χ0) is 15.2. The molecule has 0 aliphatic carbocycles. The molecule has 0 radical (unpaired) electrons. The fraction of sp³-hybridized carbons (Fsp3) is 0.562. The van der Waals surface area contributed by atoms with Crippen LogP contribution in [-0.2, 0) is 9.53 Å². The van der Waals surface area contributed by atoms with Gasteiger partial charge in [0.05, 0.1) is 12.3 Å². The van der Waals surface area contributed by atoms with Gasteiger partial charge in [-0.25, -0.2) is 4.39 Å². The number of benzene rings is 1. The van der Waals surface area contributed by atoms with Crippen LogP contribution in [0.3, 0.4) is 0 Å².